The van der Waals surface area contributed by atoms with E-state index < -0.39 is 6.10 Å². The van der Waals surface area contributed by atoms with E-state index in [9.17, 15) is 4.79 Å². The fraction of sp³-hybridized carbons (Fsp3) is 0.333. The lowest BCUT2D eigenvalue weighted by Crippen LogP contribution is -2.41. The van der Waals surface area contributed by atoms with E-state index in [1.807, 2.05) is 24.4 Å². The molecule has 0 aliphatic carbocycles. The van der Waals surface area contributed by atoms with Gasteiger partial charge in [0.15, 0.2) is 0 Å². The van der Waals surface area contributed by atoms with Gasteiger partial charge in [-0.1, -0.05) is 16.8 Å². The minimum atomic E-state index is -0.555. The molecule has 2 aromatic rings. The van der Waals surface area contributed by atoms with E-state index in [2.05, 4.69) is 21.9 Å². The third kappa shape index (κ3) is 3.69. The average Bonchev–Trinajstić information content (AvgIpc) is 3.18. The van der Waals surface area contributed by atoms with Crippen LogP contribution in [0.3, 0.4) is 0 Å². The second-order valence-electron chi connectivity index (χ2n) is 5.19. The molecule has 0 radical (unpaired) electrons. The molecule has 3 heterocycles. The van der Waals surface area contributed by atoms with Gasteiger partial charge in [-0.2, -0.15) is 11.3 Å². The molecule has 3 rings (SSSR count). The van der Waals surface area contributed by atoms with Gasteiger partial charge in [-0.25, -0.2) is 0 Å². The van der Waals surface area contributed by atoms with Crippen LogP contribution in [0.2, 0.25) is 4.34 Å². The highest BCUT2D eigenvalue weighted by atomic mass is 35.5. The van der Waals surface area contributed by atoms with Crippen LogP contribution in [0.15, 0.2) is 34.1 Å². The molecule has 0 spiro atoms. The molecule has 116 valence electrons. The molecule has 1 aliphatic rings. The first-order valence-corrected chi connectivity index (χ1v) is 9.05. The fourth-order valence-corrected chi connectivity index (χ4v) is 4.00. The quantitative estimate of drug-likeness (QED) is 0.890. The molecule has 2 unspecified atom stereocenters. The molecule has 2 aromatic heterocycles. The molecule has 7 heteroatoms. The number of hydrogen-bond acceptors (Lipinski definition) is 5. The smallest absolute Gasteiger partial charge is 0.264 e. The Hall–Kier alpha value is -1.37. The minimum Gasteiger partial charge on any atom is -0.382 e. The summed E-state index contributed by atoms with van der Waals surface area (Å²) in [6, 6.07) is 5.85. The van der Waals surface area contributed by atoms with Crippen LogP contribution >= 0.6 is 34.3 Å². The summed E-state index contributed by atoms with van der Waals surface area (Å²) < 4.78 is 0.704. The van der Waals surface area contributed by atoms with Gasteiger partial charge >= 0.3 is 0 Å². The van der Waals surface area contributed by atoms with E-state index in [1.165, 1.54) is 16.9 Å². The number of carbonyl (C=O) groups is 1. The number of rotatable bonds is 5. The van der Waals surface area contributed by atoms with Crippen molar-refractivity contribution in [2.24, 2.45) is 5.16 Å². The van der Waals surface area contributed by atoms with Crippen LogP contribution in [0.1, 0.15) is 23.8 Å². The van der Waals surface area contributed by atoms with E-state index in [1.54, 1.807) is 11.3 Å². The topological polar surface area (TPSA) is 50.7 Å². The van der Waals surface area contributed by atoms with Crippen molar-refractivity contribution in [3.8, 4) is 0 Å². The fourth-order valence-electron chi connectivity index (χ4n) is 2.28. The molecule has 0 saturated heterocycles. The lowest BCUT2D eigenvalue weighted by molar-refractivity contribution is -0.131. The van der Waals surface area contributed by atoms with Gasteiger partial charge in [0.25, 0.3) is 5.91 Å². The highest BCUT2D eigenvalue weighted by Crippen LogP contribution is 2.26. The maximum atomic E-state index is 12.2. The zero-order chi connectivity index (χ0) is 15.5. The van der Waals surface area contributed by atoms with Crippen molar-refractivity contribution in [3.05, 3.63) is 43.7 Å². The number of carbonyl (C=O) groups excluding carboxylic acids is 1. The second-order valence-corrected chi connectivity index (χ2v) is 7.68. The number of thiophene rings is 2. The monoisotopic (exact) mass is 354 g/mol. The van der Waals surface area contributed by atoms with Crippen molar-refractivity contribution in [3.63, 3.8) is 0 Å². The van der Waals surface area contributed by atoms with E-state index in [-0.39, 0.29) is 11.9 Å². The Bertz CT molecular complexity index is 682. The second kappa shape index (κ2) is 6.81. The number of nitrogens with one attached hydrogen (secondary N) is 1. The Morgan fingerprint density at radius 2 is 2.41 bits per heavy atom. The van der Waals surface area contributed by atoms with Crippen LogP contribution in [-0.2, 0) is 16.1 Å². The van der Waals surface area contributed by atoms with Gasteiger partial charge in [-0.15, -0.1) is 11.3 Å². The predicted molar refractivity (Wildman–Crippen MR) is 91.0 cm³/mol. The Balaban J connectivity index is 1.52. The number of halogens is 1. The molecule has 22 heavy (non-hydrogen) atoms. The Morgan fingerprint density at radius 3 is 3.09 bits per heavy atom. The van der Waals surface area contributed by atoms with Crippen molar-refractivity contribution in [1.29, 1.82) is 0 Å². The number of nitrogens with zero attached hydrogens (tertiary/aromatic N) is 1. The lowest BCUT2D eigenvalue weighted by atomic mass is 10.1. The van der Waals surface area contributed by atoms with Gasteiger partial charge in [-0.05, 0) is 47.9 Å². The Morgan fingerprint density at radius 1 is 1.55 bits per heavy atom. The largest absolute Gasteiger partial charge is 0.382 e. The number of oxime groups is 1. The van der Waals surface area contributed by atoms with Crippen LogP contribution in [0.25, 0.3) is 0 Å². The van der Waals surface area contributed by atoms with Crippen LogP contribution < -0.4 is 5.32 Å². The SMILES string of the molecule is CC(Cc1ccsc1)NC(=O)C1CC(c2ccc(Cl)s2)=NO1. The van der Waals surface area contributed by atoms with Crippen LogP contribution in [0, 0.1) is 0 Å². The summed E-state index contributed by atoms with van der Waals surface area (Å²) in [6.45, 7) is 1.99. The first-order valence-electron chi connectivity index (χ1n) is 6.91. The highest BCUT2D eigenvalue weighted by Gasteiger charge is 2.30. The highest BCUT2D eigenvalue weighted by molar-refractivity contribution is 7.18. The van der Waals surface area contributed by atoms with Crippen LogP contribution in [-0.4, -0.2) is 23.8 Å². The van der Waals surface area contributed by atoms with Crippen molar-refractivity contribution < 1.29 is 9.63 Å². The van der Waals surface area contributed by atoms with Gasteiger partial charge in [0.1, 0.15) is 5.71 Å². The number of amides is 1. The maximum absolute atomic E-state index is 12.2. The summed E-state index contributed by atoms with van der Waals surface area (Å²) in [5.74, 6) is -0.121. The normalized spacial score (nSPS) is 18.6. The average molecular weight is 355 g/mol. The van der Waals surface area contributed by atoms with Crippen LogP contribution in [0.5, 0.6) is 0 Å². The minimum absolute atomic E-state index is 0.0610. The third-order valence-corrected chi connectivity index (χ3v) is 5.34. The summed E-state index contributed by atoms with van der Waals surface area (Å²) in [5, 5.41) is 11.1. The molecule has 0 fully saturated rings. The van der Waals surface area contributed by atoms with Gasteiger partial charge in [0, 0.05) is 12.5 Å². The van der Waals surface area contributed by atoms with E-state index in [4.69, 9.17) is 16.4 Å². The van der Waals surface area contributed by atoms with Crippen molar-refractivity contribution in [2.45, 2.75) is 31.9 Å². The molecular formula is C15H15ClN2O2S2. The van der Waals surface area contributed by atoms with Crippen molar-refractivity contribution in [1.82, 2.24) is 5.32 Å². The van der Waals surface area contributed by atoms with E-state index in [0.29, 0.717) is 10.8 Å². The summed E-state index contributed by atoms with van der Waals surface area (Å²) in [5.41, 5.74) is 2.01. The summed E-state index contributed by atoms with van der Waals surface area (Å²) in [4.78, 5) is 18.5. The first-order chi connectivity index (χ1) is 10.6. The van der Waals surface area contributed by atoms with E-state index >= 15 is 0 Å². The van der Waals surface area contributed by atoms with Crippen molar-refractivity contribution >= 4 is 45.9 Å². The van der Waals surface area contributed by atoms with Gasteiger partial charge in [-0.3, -0.25) is 4.79 Å². The van der Waals surface area contributed by atoms with Gasteiger partial charge < -0.3 is 10.2 Å². The zero-order valence-electron chi connectivity index (χ0n) is 11.9. The van der Waals surface area contributed by atoms with E-state index in [0.717, 1.165) is 17.0 Å². The zero-order valence-corrected chi connectivity index (χ0v) is 14.3. The standard InChI is InChI=1S/C15H15ClN2O2S2/c1-9(6-10-4-5-21-8-10)17-15(19)12-7-11(18-20-12)13-2-3-14(16)22-13/h2-5,8-9,12H,6-7H2,1H3,(H,17,19). The van der Waals surface area contributed by atoms with Gasteiger partial charge in [0.2, 0.25) is 6.10 Å². The summed E-state index contributed by atoms with van der Waals surface area (Å²) >= 11 is 9.02. The lowest BCUT2D eigenvalue weighted by Gasteiger charge is -2.15. The molecule has 1 amide bonds. The van der Waals surface area contributed by atoms with Gasteiger partial charge in [0.05, 0.1) is 9.21 Å². The predicted octanol–water partition coefficient (Wildman–Crippen LogP) is 3.70. The molecule has 1 N–H and O–H groups in total. The molecule has 1 aliphatic heterocycles. The first kappa shape index (κ1) is 15.5. The molecule has 0 bridgehead atoms. The number of hydrogen-bond donors (Lipinski definition) is 1. The molecule has 2 atom stereocenters. The summed E-state index contributed by atoms with van der Waals surface area (Å²) in [7, 11) is 0. The molecular weight excluding hydrogens is 340 g/mol. The third-order valence-electron chi connectivity index (χ3n) is 3.33. The molecule has 0 aromatic carbocycles. The molecule has 4 nitrogen and oxygen atoms in total. The molecule has 0 saturated carbocycles. The Kier molecular flexibility index (Phi) is 4.81. The van der Waals surface area contributed by atoms with Crippen LogP contribution in [0.4, 0.5) is 0 Å². The maximum Gasteiger partial charge on any atom is 0.264 e. The van der Waals surface area contributed by atoms with Crippen molar-refractivity contribution in [2.75, 3.05) is 0 Å². The Labute approximate surface area is 141 Å². The summed E-state index contributed by atoms with van der Waals surface area (Å²) in [6.07, 6.45) is 0.741.